The van der Waals surface area contributed by atoms with Gasteiger partial charge >= 0.3 is 6.18 Å². The molecular formula is C16H20F3N5O2. The first kappa shape index (κ1) is 19.3. The standard InChI is InChI=1S/C16H16F3N5O2.2H2/c1-7-9(6-12(25)22-8(2)14(20)21-3)15(26)23-10-4-5-11(16(17,18)19)24-13(7)10;;/h4-5,8,20H,3,6H2,1-2H3,(H,22,25)(H,23,26);2*1H/t8-;;/m0../s1. The number of amidine groups is 1. The van der Waals surface area contributed by atoms with Gasteiger partial charge in [-0.1, -0.05) is 0 Å². The molecule has 142 valence electrons. The Bertz CT molecular complexity index is 960. The van der Waals surface area contributed by atoms with E-state index in [-0.39, 0.29) is 37.3 Å². The number of alkyl halides is 3. The van der Waals surface area contributed by atoms with Gasteiger partial charge in [-0.05, 0) is 38.3 Å². The third-order valence-corrected chi connectivity index (χ3v) is 3.81. The van der Waals surface area contributed by atoms with Crippen LogP contribution in [0.1, 0.15) is 26.6 Å². The summed E-state index contributed by atoms with van der Waals surface area (Å²) >= 11 is 0. The Morgan fingerprint density at radius 2 is 2.15 bits per heavy atom. The van der Waals surface area contributed by atoms with Gasteiger partial charge in [-0.15, -0.1) is 0 Å². The summed E-state index contributed by atoms with van der Waals surface area (Å²) in [4.78, 5) is 33.7. The zero-order valence-corrected chi connectivity index (χ0v) is 14.0. The normalized spacial score (nSPS) is 12.7. The fourth-order valence-corrected chi connectivity index (χ4v) is 2.39. The molecule has 0 radical (unpaired) electrons. The molecule has 1 amide bonds. The van der Waals surface area contributed by atoms with Gasteiger partial charge < -0.3 is 10.3 Å². The van der Waals surface area contributed by atoms with Crippen LogP contribution >= 0.6 is 0 Å². The molecule has 26 heavy (non-hydrogen) atoms. The van der Waals surface area contributed by atoms with Crippen molar-refractivity contribution in [3.8, 4) is 0 Å². The van der Waals surface area contributed by atoms with E-state index in [1.807, 2.05) is 0 Å². The zero-order valence-electron chi connectivity index (χ0n) is 14.0. The van der Waals surface area contributed by atoms with Crippen molar-refractivity contribution >= 4 is 29.5 Å². The Morgan fingerprint density at radius 3 is 2.73 bits per heavy atom. The van der Waals surface area contributed by atoms with Gasteiger partial charge in [0.1, 0.15) is 11.5 Å². The lowest BCUT2D eigenvalue weighted by molar-refractivity contribution is -0.141. The predicted octanol–water partition coefficient (Wildman–Crippen LogP) is 2.47. The SMILES string of the molecule is C=NC(=N)[C@H](C)NC(=O)Cc1c(C)c2nc(C(F)(F)F)ccc2[nH]c1=O.[HH].[HH]. The summed E-state index contributed by atoms with van der Waals surface area (Å²) in [6.45, 7) is 6.13. The van der Waals surface area contributed by atoms with Crippen LogP contribution in [0.15, 0.2) is 21.9 Å². The van der Waals surface area contributed by atoms with Gasteiger partial charge in [0.25, 0.3) is 5.56 Å². The number of H-pyrrole nitrogens is 1. The minimum Gasteiger partial charge on any atom is -0.346 e. The number of pyridine rings is 2. The van der Waals surface area contributed by atoms with Crippen molar-refractivity contribution in [2.75, 3.05) is 0 Å². The van der Waals surface area contributed by atoms with Gasteiger partial charge in [-0.2, -0.15) is 13.2 Å². The third-order valence-electron chi connectivity index (χ3n) is 3.81. The smallest absolute Gasteiger partial charge is 0.346 e. The second-order valence-electron chi connectivity index (χ2n) is 5.66. The number of aliphatic imine (C=N–C) groups is 1. The molecule has 0 bridgehead atoms. The fourth-order valence-electron chi connectivity index (χ4n) is 2.39. The maximum absolute atomic E-state index is 12.9. The van der Waals surface area contributed by atoms with Crippen molar-refractivity contribution in [3.05, 3.63) is 39.3 Å². The van der Waals surface area contributed by atoms with E-state index in [4.69, 9.17) is 5.41 Å². The number of amides is 1. The van der Waals surface area contributed by atoms with E-state index in [0.29, 0.717) is 0 Å². The average molecular weight is 371 g/mol. The van der Waals surface area contributed by atoms with Gasteiger partial charge in [0, 0.05) is 8.42 Å². The number of rotatable bonds is 4. The zero-order chi connectivity index (χ0) is 19.6. The van der Waals surface area contributed by atoms with Gasteiger partial charge in [0.2, 0.25) is 5.91 Å². The summed E-state index contributed by atoms with van der Waals surface area (Å²) in [5.41, 5.74) is -1.36. The molecular weight excluding hydrogens is 351 g/mol. The molecule has 0 aliphatic heterocycles. The Hall–Kier alpha value is -3.04. The molecule has 2 rings (SSSR count). The van der Waals surface area contributed by atoms with Gasteiger partial charge in [-0.25, -0.2) is 9.98 Å². The second-order valence-corrected chi connectivity index (χ2v) is 5.66. The van der Waals surface area contributed by atoms with Gasteiger partial charge in [0.15, 0.2) is 0 Å². The Labute approximate surface area is 148 Å². The molecule has 0 saturated carbocycles. The van der Waals surface area contributed by atoms with Crippen molar-refractivity contribution in [3.63, 3.8) is 0 Å². The van der Waals surface area contributed by atoms with Gasteiger partial charge in [-0.3, -0.25) is 15.0 Å². The lowest BCUT2D eigenvalue weighted by Crippen LogP contribution is -2.39. The van der Waals surface area contributed by atoms with Crippen molar-refractivity contribution in [1.82, 2.24) is 15.3 Å². The topological polar surface area (TPSA) is 111 Å². The van der Waals surface area contributed by atoms with Crippen LogP contribution in [0.2, 0.25) is 0 Å². The second kappa shape index (κ2) is 7.06. The Balaban J connectivity index is 0.00000364. The molecule has 2 aromatic rings. The molecule has 0 aliphatic rings. The molecule has 0 unspecified atom stereocenters. The number of hydrogen-bond acceptors (Lipinski definition) is 4. The van der Waals surface area contributed by atoms with Crippen LogP contribution in [0, 0.1) is 12.3 Å². The molecule has 1 atom stereocenters. The first-order valence-corrected chi connectivity index (χ1v) is 7.48. The number of hydrogen-bond donors (Lipinski definition) is 3. The van der Waals surface area contributed by atoms with E-state index in [1.165, 1.54) is 13.8 Å². The summed E-state index contributed by atoms with van der Waals surface area (Å²) in [7, 11) is 0. The highest BCUT2D eigenvalue weighted by Crippen LogP contribution is 2.29. The van der Waals surface area contributed by atoms with Crippen LogP contribution in [-0.2, 0) is 17.4 Å². The lowest BCUT2D eigenvalue weighted by atomic mass is 10.0. The van der Waals surface area contributed by atoms with Crippen LogP contribution in [0.25, 0.3) is 11.0 Å². The summed E-state index contributed by atoms with van der Waals surface area (Å²) in [5, 5.41) is 9.93. The molecule has 3 N–H and O–H groups in total. The highest BCUT2D eigenvalue weighted by atomic mass is 19.4. The number of aryl methyl sites for hydroxylation is 1. The minimum absolute atomic E-state index is 0. The molecule has 0 aliphatic carbocycles. The first-order chi connectivity index (χ1) is 12.0. The fraction of sp³-hybridized carbons (Fsp3) is 0.312. The number of aromatic nitrogens is 2. The molecule has 0 aromatic carbocycles. The lowest BCUT2D eigenvalue weighted by Gasteiger charge is -2.13. The van der Waals surface area contributed by atoms with Crippen LogP contribution in [-0.4, -0.2) is 34.5 Å². The average Bonchev–Trinajstić information content (AvgIpc) is 2.56. The largest absolute Gasteiger partial charge is 0.433 e. The minimum atomic E-state index is -4.62. The molecule has 0 spiro atoms. The van der Waals surface area contributed by atoms with Crippen molar-refractivity contribution < 1.29 is 20.8 Å². The molecule has 0 fully saturated rings. The summed E-state index contributed by atoms with van der Waals surface area (Å²) in [5.74, 6) is -0.732. The predicted molar refractivity (Wildman–Crippen MR) is 94.9 cm³/mol. The Kier molecular flexibility index (Phi) is 5.24. The summed E-state index contributed by atoms with van der Waals surface area (Å²) < 4.78 is 38.6. The molecule has 10 heteroatoms. The van der Waals surface area contributed by atoms with E-state index < -0.39 is 29.4 Å². The maximum atomic E-state index is 12.9. The van der Waals surface area contributed by atoms with E-state index in [9.17, 15) is 22.8 Å². The van der Waals surface area contributed by atoms with Crippen molar-refractivity contribution in [2.24, 2.45) is 4.99 Å². The molecule has 0 saturated heterocycles. The van der Waals surface area contributed by atoms with E-state index >= 15 is 0 Å². The Morgan fingerprint density at radius 1 is 1.50 bits per heavy atom. The maximum Gasteiger partial charge on any atom is 0.433 e. The van der Waals surface area contributed by atoms with Crippen LogP contribution in [0.5, 0.6) is 0 Å². The van der Waals surface area contributed by atoms with E-state index in [0.717, 1.165) is 12.1 Å². The summed E-state index contributed by atoms with van der Waals surface area (Å²) in [6, 6.07) is 1.19. The highest BCUT2D eigenvalue weighted by Gasteiger charge is 2.32. The van der Waals surface area contributed by atoms with Crippen LogP contribution < -0.4 is 10.9 Å². The highest BCUT2D eigenvalue weighted by molar-refractivity contribution is 5.92. The number of aromatic amines is 1. The first-order valence-electron chi connectivity index (χ1n) is 7.48. The number of halogens is 3. The van der Waals surface area contributed by atoms with Crippen molar-refractivity contribution in [1.29, 1.82) is 5.41 Å². The monoisotopic (exact) mass is 371 g/mol. The van der Waals surface area contributed by atoms with Crippen LogP contribution in [0.4, 0.5) is 13.2 Å². The third kappa shape index (κ3) is 3.95. The van der Waals surface area contributed by atoms with Gasteiger partial charge in [0.05, 0.1) is 23.5 Å². The number of nitrogens with one attached hydrogen (secondary N) is 3. The number of carbonyl (C=O) groups is 1. The number of nitrogens with zero attached hydrogens (tertiary/aromatic N) is 2. The van der Waals surface area contributed by atoms with E-state index in [2.05, 4.69) is 27.0 Å². The molecule has 2 aromatic heterocycles. The van der Waals surface area contributed by atoms with Crippen LogP contribution in [0.3, 0.4) is 0 Å². The molecule has 2 heterocycles. The number of carbonyl (C=O) groups excluding carboxylic acids is 1. The van der Waals surface area contributed by atoms with E-state index in [1.54, 1.807) is 0 Å². The quantitative estimate of drug-likeness (QED) is 0.567. The van der Waals surface area contributed by atoms with Crippen molar-refractivity contribution in [2.45, 2.75) is 32.5 Å². The summed E-state index contributed by atoms with van der Waals surface area (Å²) in [6.07, 6.45) is -4.99. The number of fused-ring (bicyclic) bond motifs is 1. The molecule has 7 nitrogen and oxygen atoms in total.